The van der Waals surface area contributed by atoms with Crippen molar-refractivity contribution in [1.29, 1.82) is 0 Å². The minimum absolute atomic E-state index is 0.158. The largest absolute Gasteiger partial charge is 0.375 e. The maximum absolute atomic E-state index is 12.9. The smallest absolute Gasteiger partial charge is 0.374 e. The molecule has 0 fully saturated rings. The molecule has 0 spiro atoms. The molecule has 1 radical (unpaired) electrons. The molecule has 0 saturated heterocycles. The molecule has 0 aromatic heterocycles. The number of unbranched alkanes of at least 4 members (excludes halogenated alkanes) is 3. The molecular weight excluding hydrogens is 262 g/mol. The van der Waals surface area contributed by atoms with Crippen LogP contribution in [0.3, 0.4) is 0 Å². The van der Waals surface area contributed by atoms with Gasteiger partial charge in [-0.1, -0.05) is 26.2 Å². The number of halogens is 6. The van der Waals surface area contributed by atoms with Crippen molar-refractivity contribution in [2.75, 3.05) is 13.2 Å². The van der Waals surface area contributed by atoms with Gasteiger partial charge in [0, 0.05) is 13.5 Å². The Hall–Kier alpha value is -0.460. The molecule has 0 aliphatic rings. The van der Waals surface area contributed by atoms with Crippen molar-refractivity contribution >= 4 is 0 Å². The monoisotopic (exact) mass is 279 g/mol. The second-order valence-corrected chi connectivity index (χ2v) is 4.10. The van der Waals surface area contributed by atoms with Crippen LogP contribution in [-0.2, 0) is 4.74 Å². The maximum Gasteiger partial charge on any atom is 0.374 e. The van der Waals surface area contributed by atoms with E-state index >= 15 is 0 Å². The summed E-state index contributed by atoms with van der Waals surface area (Å²) < 4.78 is 80.0. The van der Waals surface area contributed by atoms with E-state index in [9.17, 15) is 26.3 Å². The van der Waals surface area contributed by atoms with Crippen molar-refractivity contribution in [1.82, 2.24) is 0 Å². The first-order valence-corrected chi connectivity index (χ1v) is 5.63. The molecule has 0 rings (SSSR count). The second-order valence-electron chi connectivity index (χ2n) is 4.10. The van der Waals surface area contributed by atoms with Crippen molar-refractivity contribution in [3.05, 3.63) is 6.92 Å². The van der Waals surface area contributed by atoms with Gasteiger partial charge in [0.1, 0.15) is 6.61 Å². The topological polar surface area (TPSA) is 9.23 Å². The molecule has 1 nitrogen and oxygen atoms in total. The van der Waals surface area contributed by atoms with E-state index < -0.39 is 24.4 Å². The molecule has 0 aliphatic carbocycles. The summed E-state index contributed by atoms with van der Waals surface area (Å²) in [4.78, 5) is 0. The van der Waals surface area contributed by atoms with Crippen LogP contribution >= 0.6 is 0 Å². The van der Waals surface area contributed by atoms with Crippen LogP contribution < -0.4 is 0 Å². The molecule has 18 heavy (non-hydrogen) atoms. The minimum atomic E-state index is -5.52. The van der Waals surface area contributed by atoms with E-state index in [4.69, 9.17) is 0 Å². The highest BCUT2D eigenvalue weighted by atomic mass is 19.3. The van der Waals surface area contributed by atoms with Crippen LogP contribution in [-0.4, -0.2) is 31.0 Å². The third-order valence-electron chi connectivity index (χ3n) is 2.34. The average Bonchev–Trinajstić information content (AvgIpc) is 2.21. The standard InChI is InChI=1S/C11H17F6O/c1-3-4-5-6-7-18-8-10(14,15)11(16,17)9(2,12)13/h2-8H2,1H3. The van der Waals surface area contributed by atoms with E-state index in [-0.39, 0.29) is 6.61 Å². The molecule has 0 saturated carbocycles. The van der Waals surface area contributed by atoms with Crippen molar-refractivity contribution in [3.63, 3.8) is 0 Å². The number of ether oxygens (including phenoxy) is 1. The van der Waals surface area contributed by atoms with E-state index in [1.807, 2.05) is 6.92 Å². The Morgan fingerprint density at radius 1 is 0.944 bits per heavy atom. The first-order valence-electron chi connectivity index (χ1n) is 5.63. The van der Waals surface area contributed by atoms with Crippen LogP contribution in [0.5, 0.6) is 0 Å². The normalized spacial score (nSPS) is 14.0. The van der Waals surface area contributed by atoms with E-state index in [1.165, 1.54) is 0 Å². The van der Waals surface area contributed by atoms with Gasteiger partial charge in [-0.15, -0.1) is 0 Å². The Labute approximate surface area is 102 Å². The fourth-order valence-electron chi connectivity index (χ4n) is 1.19. The van der Waals surface area contributed by atoms with Gasteiger partial charge in [-0.2, -0.15) is 26.3 Å². The quantitative estimate of drug-likeness (QED) is 0.451. The number of hydrogen-bond acceptors (Lipinski definition) is 1. The van der Waals surface area contributed by atoms with E-state index in [0.29, 0.717) is 12.8 Å². The zero-order valence-electron chi connectivity index (χ0n) is 10.1. The van der Waals surface area contributed by atoms with Crippen molar-refractivity contribution < 1.29 is 31.1 Å². The van der Waals surface area contributed by atoms with Gasteiger partial charge in [-0.25, -0.2) is 0 Å². The van der Waals surface area contributed by atoms with Gasteiger partial charge in [-0.05, 0) is 6.42 Å². The Morgan fingerprint density at radius 2 is 1.50 bits per heavy atom. The summed E-state index contributed by atoms with van der Waals surface area (Å²) in [6.07, 6.45) is 2.93. The van der Waals surface area contributed by atoms with Crippen molar-refractivity contribution in [3.8, 4) is 0 Å². The van der Waals surface area contributed by atoms with Crippen LogP contribution in [0.2, 0.25) is 0 Å². The van der Waals surface area contributed by atoms with Gasteiger partial charge in [0.05, 0.1) is 0 Å². The van der Waals surface area contributed by atoms with Gasteiger partial charge in [-0.3, -0.25) is 0 Å². The van der Waals surface area contributed by atoms with E-state index in [2.05, 4.69) is 4.74 Å². The lowest BCUT2D eigenvalue weighted by atomic mass is 10.1. The van der Waals surface area contributed by atoms with Crippen LogP contribution in [0, 0.1) is 6.92 Å². The summed E-state index contributed by atoms with van der Waals surface area (Å²) >= 11 is 0. The zero-order valence-corrected chi connectivity index (χ0v) is 10.1. The van der Waals surface area contributed by atoms with Crippen LogP contribution in [0.1, 0.15) is 32.6 Å². The Kier molecular flexibility index (Phi) is 6.46. The van der Waals surface area contributed by atoms with Gasteiger partial charge < -0.3 is 4.74 Å². The van der Waals surface area contributed by atoms with Crippen molar-refractivity contribution in [2.24, 2.45) is 0 Å². The fraction of sp³-hybridized carbons (Fsp3) is 0.909. The molecule has 7 heteroatoms. The van der Waals surface area contributed by atoms with Gasteiger partial charge in [0.2, 0.25) is 0 Å². The van der Waals surface area contributed by atoms with Gasteiger partial charge in [0.25, 0.3) is 0 Å². The Bertz CT molecular complexity index is 236. The summed E-state index contributed by atoms with van der Waals surface area (Å²) in [5, 5.41) is 0. The lowest BCUT2D eigenvalue weighted by Crippen LogP contribution is -2.55. The summed E-state index contributed by atoms with van der Waals surface area (Å²) in [5.74, 6) is -15.5. The third-order valence-corrected chi connectivity index (χ3v) is 2.34. The molecule has 0 unspecified atom stereocenters. The van der Waals surface area contributed by atoms with Crippen LogP contribution in [0.4, 0.5) is 26.3 Å². The first-order chi connectivity index (χ1) is 8.06. The molecule has 109 valence electrons. The summed E-state index contributed by atoms with van der Waals surface area (Å²) in [7, 11) is 0. The van der Waals surface area contributed by atoms with E-state index in [0.717, 1.165) is 12.8 Å². The number of hydrogen-bond donors (Lipinski definition) is 0. The number of rotatable bonds is 9. The molecule has 0 aliphatic heterocycles. The highest BCUT2D eigenvalue weighted by molar-refractivity contribution is 4.97. The SMILES string of the molecule is [CH2]C(F)(F)C(F)(F)C(F)(F)COCCCCCC. The lowest BCUT2D eigenvalue weighted by Gasteiger charge is -2.30. The van der Waals surface area contributed by atoms with Crippen LogP contribution in [0.15, 0.2) is 0 Å². The molecule has 0 atom stereocenters. The Balaban J connectivity index is 4.15. The summed E-state index contributed by atoms with van der Waals surface area (Å²) in [6, 6.07) is 0. The minimum Gasteiger partial charge on any atom is -0.375 e. The van der Waals surface area contributed by atoms with Crippen molar-refractivity contribution in [2.45, 2.75) is 50.4 Å². The predicted octanol–water partition coefficient (Wildman–Crippen LogP) is 4.32. The molecule has 0 bridgehead atoms. The lowest BCUT2D eigenvalue weighted by molar-refractivity contribution is -0.305. The molecule has 0 aromatic rings. The Morgan fingerprint density at radius 3 is 1.94 bits per heavy atom. The molecular formula is C11H17F6O. The highest BCUT2D eigenvalue weighted by Gasteiger charge is 2.69. The summed E-state index contributed by atoms with van der Waals surface area (Å²) in [5.41, 5.74) is 0. The van der Waals surface area contributed by atoms with E-state index in [1.54, 1.807) is 6.92 Å². The second kappa shape index (κ2) is 6.63. The zero-order chi connectivity index (χ0) is 14.4. The maximum atomic E-state index is 12.9. The fourth-order valence-corrected chi connectivity index (χ4v) is 1.19. The molecule has 0 amide bonds. The molecule has 0 heterocycles. The molecule has 0 N–H and O–H groups in total. The first kappa shape index (κ1) is 17.5. The summed E-state index contributed by atoms with van der Waals surface area (Å²) in [6.45, 7) is 1.80. The van der Waals surface area contributed by atoms with Gasteiger partial charge >= 0.3 is 17.8 Å². The third kappa shape index (κ3) is 4.66. The average molecular weight is 279 g/mol. The van der Waals surface area contributed by atoms with Crippen LogP contribution in [0.25, 0.3) is 0 Å². The predicted molar refractivity (Wildman–Crippen MR) is 55.2 cm³/mol. The highest BCUT2D eigenvalue weighted by Crippen LogP contribution is 2.45. The number of alkyl halides is 6. The van der Waals surface area contributed by atoms with Gasteiger partial charge in [0.15, 0.2) is 0 Å². The molecule has 0 aromatic carbocycles.